The van der Waals surface area contributed by atoms with Crippen LogP contribution in [0.4, 0.5) is 0 Å². The highest BCUT2D eigenvalue weighted by molar-refractivity contribution is 5.29. The summed E-state index contributed by atoms with van der Waals surface area (Å²) in [5.41, 5.74) is 1.54. The van der Waals surface area contributed by atoms with Crippen molar-refractivity contribution < 1.29 is 19.2 Å². The molecule has 5 heteroatoms. The molecule has 6 rings (SSSR count). The summed E-state index contributed by atoms with van der Waals surface area (Å²) in [7, 11) is 1.83. The van der Waals surface area contributed by atoms with Crippen molar-refractivity contribution in [2.24, 2.45) is 23.7 Å². The highest BCUT2D eigenvalue weighted by atomic mass is 17.2. The van der Waals surface area contributed by atoms with E-state index in [1.54, 1.807) is 0 Å². The highest BCUT2D eigenvalue weighted by Gasteiger charge is 2.60. The number of hydrogen-bond acceptors (Lipinski definition) is 5. The fraction of sp³-hybridized carbons (Fsp3) is 0.793. The SMILES string of the molecule is COC1(OOC2CCC(c3ccc(OCCNC(C)(C)C)cc3)CC2)C2CC3CC(C2)CC1C3. The van der Waals surface area contributed by atoms with Gasteiger partial charge in [-0.2, -0.15) is 0 Å². The quantitative estimate of drug-likeness (QED) is 0.200. The van der Waals surface area contributed by atoms with Gasteiger partial charge in [0.15, 0.2) is 0 Å². The molecular weight excluding hydrogens is 426 g/mol. The summed E-state index contributed by atoms with van der Waals surface area (Å²) in [6.07, 6.45) is 11.0. The molecule has 5 aliphatic rings. The zero-order valence-corrected chi connectivity index (χ0v) is 21.7. The maximum atomic E-state index is 6.28. The first kappa shape index (κ1) is 24.5. The predicted molar refractivity (Wildman–Crippen MR) is 134 cm³/mol. The molecule has 0 aliphatic heterocycles. The molecule has 0 unspecified atom stereocenters. The third-order valence-corrected chi connectivity index (χ3v) is 8.96. The topological polar surface area (TPSA) is 49.0 Å². The number of methoxy groups -OCH3 is 1. The summed E-state index contributed by atoms with van der Waals surface area (Å²) in [4.78, 5) is 12.4. The molecule has 5 aliphatic carbocycles. The summed E-state index contributed by atoms with van der Waals surface area (Å²) >= 11 is 0. The number of benzene rings is 1. The first-order chi connectivity index (χ1) is 16.3. The van der Waals surface area contributed by atoms with Crippen LogP contribution in [0.3, 0.4) is 0 Å². The zero-order chi connectivity index (χ0) is 23.8. The van der Waals surface area contributed by atoms with Gasteiger partial charge in [0, 0.05) is 31.0 Å². The lowest BCUT2D eigenvalue weighted by Crippen LogP contribution is -2.60. The van der Waals surface area contributed by atoms with E-state index < -0.39 is 5.79 Å². The van der Waals surface area contributed by atoms with Gasteiger partial charge in [-0.15, -0.1) is 0 Å². The number of rotatable bonds is 9. The van der Waals surface area contributed by atoms with Crippen LogP contribution in [0.5, 0.6) is 5.75 Å². The summed E-state index contributed by atoms with van der Waals surface area (Å²) in [6, 6.07) is 8.71. The number of hydrogen-bond donors (Lipinski definition) is 1. The van der Waals surface area contributed by atoms with Gasteiger partial charge in [-0.05, 0) is 114 Å². The van der Waals surface area contributed by atoms with Gasteiger partial charge in [-0.3, -0.25) is 0 Å². The maximum Gasteiger partial charge on any atom is 0.207 e. The van der Waals surface area contributed by atoms with Gasteiger partial charge in [0.2, 0.25) is 5.79 Å². The number of nitrogens with one attached hydrogen (secondary N) is 1. The number of ether oxygens (including phenoxy) is 2. The van der Waals surface area contributed by atoms with Crippen LogP contribution >= 0.6 is 0 Å². The average Bonchev–Trinajstić information content (AvgIpc) is 2.82. The van der Waals surface area contributed by atoms with E-state index in [9.17, 15) is 0 Å². The molecule has 0 spiro atoms. The van der Waals surface area contributed by atoms with Gasteiger partial charge in [-0.1, -0.05) is 12.1 Å². The van der Waals surface area contributed by atoms with Gasteiger partial charge in [0.05, 0.1) is 6.10 Å². The molecule has 0 amide bonds. The smallest absolute Gasteiger partial charge is 0.207 e. The molecule has 0 atom stereocenters. The van der Waals surface area contributed by atoms with Crippen molar-refractivity contribution in [3.8, 4) is 5.75 Å². The summed E-state index contributed by atoms with van der Waals surface area (Å²) in [5.74, 6) is 3.84. The Hall–Kier alpha value is -1.14. The Labute approximate surface area is 206 Å². The van der Waals surface area contributed by atoms with Gasteiger partial charge >= 0.3 is 0 Å². The van der Waals surface area contributed by atoms with E-state index in [4.69, 9.17) is 19.2 Å². The van der Waals surface area contributed by atoms with Gasteiger partial charge < -0.3 is 14.8 Å². The van der Waals surface area contributed by atoms with Gasteiger partial charge in [0.1, 0.15) is 12.4 Å². The van der Waals surface area contributed by atoms with Crippen LogP contribution in [0.2, 0.25) is 0 Å². The van der Waals surface area contributed by atoms with Crippen molar-refractivity contribution in [1.29, 1.82) is 0 Å². The van der Waals surface area contributed by atoms with Crippen molar-refractivity contribution >= 4 is 0 Å². The molecule has 0 heterocycles. The second-order valence-corrected chi connectivity index (χ2v) is 12.5. The van der Waals surface area contributed by atoms with E-state index in [0.717, 1.165) is 49.8 Å². The molecule has 1 N–H and O–H groups in total. The molecule has 5 nitrogen and oxygen atoms in total. The molecule has 190 valence electrons. The van der Waals surface area contributed by atoms with Gasteiger partial charge in [0.25, 0.3) is 0 Å². The molecule has 0 radical (unpaired) electrons. The predicted octanol–water partition coefficient (Wildman–Crippen LogP) is 6.23. The van der Waals surface area contributed by atoms with Crippen LogP contribution in [0.25, 0.3) is 0 Å². The van der Waals surface area contributed by atoms with Crippen LogP contribution in [0, 0.1) is 23.7 Å². The van der Waals surface area contributed by atoms with E-state index in [2.05, 4.69) is 50.4 Å². The molecule has 1 aromatic carbocycles. The third-order valence-electron chi connectivity index (χ3n) is 8.96. The van der Waals surface area contributed by atoms with E-state index in [1.807, 2.05) is 7.11 Å². The van der Waals surface area contributed by atoms with Gasteiger partial charge in [-0.25, -0.2) is 9.78 Å². The fourth-order valence-electron chi connectivity index (χ4n) is 7.41. The van der Waals surface area contributed by atoms with Crippen LogP contribution in [0.1, 0.15) is 90.0 Å². The Bertz CT molecular complexity index is 765. The van der Waals surface area contributed by atoms with Crippen LogP contribution in [0.15, 0.2) is 24.3 Å². The molecule has 4 bridgehead atoms. The lowest BCUT2D eigenvalue weighted by molar-refractivity contribution is -0.485. The Morgan fingerprint density at radius 3 is 2.06 bits per heavy atom. The van der Waals surface area contributed by atoms with Crippen molar-refractivity contribution in [2.75, 3.05) is 20.3 Å². The zero-order valence-electron chi connectivity index (χ0n) is 21.7. The van der Waals surface area contributed by atoms with E-state index in [-0.39, 0.29) is 11.6 Å². The Balaban J connectivity index is 1.07. The molecule has 34 heavy (non-hydrogen) atoms. The molecule has 5 fully saturated rings. The lowest BCUT2D eigenvalue weighted by atomic mass is 9.53. The maximum absolute atomic E-state index is 6.28. The minimum Gasteiger partial charge on any atom is -0.492 e. The van der Waals surface area contributed by atoms with Crippen LogP contribution in [-0.2, 0) is 14.5 Å². The molecule has 0 aromatic heterocycles. The van der Waals surface area contributed by atoms with E-state index in [0.29, 0.717) is 24.4 Å². The first-order valence-electron chi connectivity index (χ1n) is 13.7. The average molecular weight is 472 g/mol. The van der Waals surface area contributed by atoms with E-state index >= 15 is 0 Å². The standard InChI is InChI=1S/C29H45NO4/c1-28(2,3)30-13-14-32-26-9-5-22(6-10-26)23-7-11-27(12-8-23)33-34-29(31-4)24-16-20-15-21(18-24)19-25(29)17-20/h5-6,9-10,20-21,23-25,27,30H,7-8,11-19H2,1-4H3. The molecule has 5 saturated carbocycles. The Kier molecular flexibility index (Phi) is 7.28. The monoisotopic (exact) mass is 471 g/mol. The molecular formula is C29H45NO4. The fourth-order valence-corrected chi connectivity index (χ4v) is 7.41. The van der Waals surface area contributed by atoms with Crippen molar-refractivity contribution in [3.63, 3.8) is 0 Å². The summed E-state index contributed by atoms with van der Waals surface area (Å²) in [5, 5.41) is 3.46. The normalized spacial score (nSPS) is 37.2. The summed E-state index contributed by atoms with van der Waals surface area (Å²) in [6.45, 7) is 8.06. The van der Waals surface area contributed by atoms with Crippen molar-refractivity contribution in [3.05, 3.63) is 29.8 Å². The minimum absolute atomic E-state index is 0.126. The molecule has 0 saturated heterocycles. The molecule has 1 aromatic rings. The first-order valence-corrected chi connectivity index (χ1v) is 13.7. The third kappa shape index (κ3) is 5.33. The van der Waals surface area contributed by atoms with Crippen molar-refractivity contribution in [2.45, 2.75) is 102 Å². The Morgan fingerprint density at radius 2 is 1.50 bits per heavy atom. The minimum atomic E-state index is -0.498. The second-order valence-electron chi connectivity index (χ2n) is 12.5. The summed E-state index contributed by atoms with van der Waals surface area (Å²) < 4.78 is 12.0. The van der Waals surface area contributed by atoms with Crippen molar-refractivity contribution in [1.82, 2.24) is 5.32 Å². The van der Waals surface area contributed by atoms with Crippen LogP contribution in [-0.4, -0.2) is 37.7 Å². The largest absolute Gasteiger partial charge is 0.492 e. The van der Waals surface area contributed by atoms with E-state index in [1.165, 1.54) is 37.7 Å². The lowest BCUT2D eigenvalue weighted by Gasteiger charge is -2.58. The Morgan fingerprint density at radius 1 is 0.882 bits per heavy atom. The second kappa shape index (κ2) is 10.1. The highest BCUT2D eigenvalue weighted by Crippen LogP contribution is 2.60. The van der Waals surface area contributed by atoms with Crippen LogP contribution < -0.4 is 10.1 Å².